The summed E-state index contributed by atoms with van der Waals surface area (Å²) < 4.78 is 5.04. The number of carbonyl (C=O) groups is 2. The molecular formula is C13H18BrNO3S. The molecule has 1 amide bonds. The van der Waals surface area contributed by atoms with E-state index in [2.05, 4.69) is 21.2 Å². The van der Waals surface area contributed by atoms with Crippen LogP contribution in [0, 0.1) is 13.8 Å². The highest BCUT2D eigenvalue weighted by Gasteiger charge is 2.23. The van der Waals surface area contributed by atoms with Crippen LogP contribution in [0.5, 0.6) is 0 Å². The van der Waals surface area contributed by atoms with Gasteiger partial charge in [-0.05, 0) is 32.8 Å². The molecule has 0 aliphatic rings. The van der Waals surface area contributed by atoms with Crippen molar-refractivity contribution in [1.29, 1.82) is 0 Å². The molecule has 1 rings (SSSR count). The average molecular weight is 348 g/mol. The normalized spacial score (nSPS) is 12.1. The van der Waals surface area contributed by atoms with Gasteiger partial charge in [0, 0.05) is 4.88 Å². The Morgan fingerprint density at radius 1 is 1.37 bits per heavy atom. The molecule has 19 heavy (non-hydrogen) atoms. The van der Waals surface area contributed by atoms with Crippen molar-refractivity contribution < 1.29 is 14.3 Å². The number of hydrogen-bond acceptors (Lipinski definition) is 4. The Balaban J connectivity index is 3.04. The van der Waals surface area contributed by atoms with Gasteiger partial charge in [-0.3, -0.25) is 4.79 Å². The first-order valence-electron chi connectivity index (χ1n) is 6.14. The number of hydrogen-bond donors (Lipinski definition) is 1. The summed E-state index contributed by atoms with van der Waals surface area (Å²) in [6.07, 6.45) is 0.684. The molecule has 0 spiro atoms. The van der Waals surface area contributed by atoms with Crippen LogP contribution >= 0.6 is 27.3 Å². The lowest BCUT2D eigenvalue weighted by Gasteiger charge is -2.09. The highest BCUT2D eigenvalue weighted by molar-refractivity contribution is 9.10. The van der Waals surface area contributed by atoms with Crippen molar-refractivity contribution in [2.45, 2.75) is 38.9 Å². The van der Waals surface area contributed by atoms with E-state index in [0.29, 0.717) is 23.6 Å². The Morgan fingerprint density at radius 2 is 2.00 bits per heavy atom. The fourth-order valence-electron chi connectivity index (χ4n) is 1.54. The molecule has 0 fully saturated rings. The molecule has 0 aliphatic heterocycles. The average Bonchev–Trinajstić information content (AvgIpc) is 2.64. The molecule has 0 aliphatic carbocycles. The minimum atomic E-state index is -0.387. The van der Waals surface area contributed by atoms with Gasteiger partial charge in [0.15, 0.2) is 0 Å². The van der Waals surface area contributed by atoms with E-state index >= 15 is 0 Å². The standard InChI is InChI=1S/C13H18BrNO3S/c1-5-9(14)11(16)15-12-10(13(17)18-6-2)7(3)8(4)19-12/h9H,5-6H2,1-4H3,(H,15,16). The van der Waals surface area contributed by atoms with Crippen LogP contribution < -0.4 is 5.32 Å². The summed E-state index contributed by atoms with van der Waals surface area (Å²) in [5, 5.41) is 3.36. The first-order chi connectivity index (χ1) is 8.92. The molecule has 6 heteroatoms. The van der Waals surface area contributed by atoms with Gasteiger partial charge in [-0.25, -0.2) is 4.79 Å². The Morgan fingerprint density at radius 3 is 2.53 bits per heavy atom. The zero-order valence-corrected chi connectivity index (χ0v) is 13.9. The number of thiophene rings is 1. The number of carbonyl (C=O) groups excluding carboxylic acids is 2. The van der Waals surface area contributed by atoms with E-state index in [0.717, 1.165) is 10.4 Å². The number of halogens is 1. The lowest BCUT2D eigenvalue weighted by molar-refractivity contribution is -0.115. The summed E-state index contributed by atoms with van der Waals surface area (Å²) in [6, 6.07) is 0. The summed E-state index contributed by atoms with van der Waals surface area (Å²) in [5.74, 6) is -0.531. The van der Waals surface area contributed by atoms with Gasteiger partial charge >= 0.3 is 5.97 Å². The van der Waals surface area contributed by atoms with Gasteiger partial charge in [0.25, 0.3) is 0 Å². The summed E-state index contributed by atoms with van der Waals surface area (Å²) in [4.78, 5) is 24.6. The quantitative estimate of drug-likeness (QED) is 0.653. The molecule has 0 saturated heterocycles. The monoisotopic (exact) mass is 347 g/mol. The molecule has 1 heterocycles. The van der Waals surface area contributed by atoms with Crippen LogP contribution in [0.1, 0.15) is 41.1 Å². The number of anilines is 1. The highest BCUT2D eigenvalue weighted by atomic mass is 79.9. The molecule has 0 radical (unpaired) electrons. The number of rotatable bonds is 5. The topological polar surface area (TPSA) is 55.4 Å². The molecule has 0 bridgehead atoms. The lowest BCUT2D eigenvalue weighted by atomic mass is 10.1. The zero-order chi connectivity index (χ0) is 14.6. The summed E-state index contributed by atoms with van der Waals surface area (Å²) >= 11 is 4.69. The van der Waals surface area contributed by atoms with E-state index in [4.69, 9.17) is 4.74 Å². The Labute approximate surface area is 125 Å². The van der Waals surface area contributed by atoms with Gasteiger partial charge < -0.3 is 10.1 Å². The predicted molar refractivity (Wildman–Crippen MR) is 81.4 cm³/mol. The number of ether oxygens (including phenoxy) is 1. The van der Waals surface area contributed by atoms with Crippen LogP contribution in [0.25, 0.3) is 0 Å². The maximum absolute atomic E-state index is 11.9. The van der Waals surface area contributed by atoms with Gasteiger partial charge in [-0.15, -0.1) is 11.3 Å². The van der Waals surface area contributed by atoms with Gasteiger partial charge in [0.1, 0.15) is 5.00 Å². The molecule has 0 aromatic carbocycles. The molecule has 1 aromatic rings. The first kappa shape index (κ1) is 16.2. The van der Waals surface area contributed by atoms with Crippen LogP contribution in [0.4, 0.5) is 5.00 Å². The highest BCUT2D eigenvalue weighted by Crippen LogP contribution is 2.33. The molecule has 1 N–H and O–H groups in total. The summed E-state index contributed by atoms with van der Waals surface area (Å²) in [6.45, 7) is 7.77. The van der Waals surface area contributed by atoms with Gasteiger partial charge in [-0.1, -0.05) is 22.9 Å². The van der Waals surface area contributed by atoms with Gasteiger partial charge in [0.05, 0.1) is 17.0 Å². The summed E-state index contributed by atoms with van der Waals surface area (Å²) in [5.41, 5.74) is 1.33. The first-order valence-corrected chi connectivity index (χ1v) is 7.87. The van der Waals surface area contributed by atoms with Crippen molar-refractivity contribution >= 4 is 44.1 Å². The smallest absolute Gasteiger partial charge is 0.341 e. The molecular weight excluding hydrogens is 330 g/mol. The molecule has 0 saturated carbocycles. The fraction of sp³-hybridized carbons (Fsp3) is 0.538. The Bertz CT molecular complexity index is 484. The van der Waals surface area contributed by atoms with Crippen LogP contribution in [-0.2, 0) is 9.53 Å². The lowest BCUT2D eigenvalue weighted by Crippen LogP contribution is -2.22. The van der Waals surface area contributed by atoms with Crippen molar-refractivity contribution in [2.24, 2.45) is 0 Å². The second-order valence-electron chi connectivity index (χ2n) is 4.07. The van der Waals surface area contributed by atoms with E-state index in [1.165, 1.54) is 11.3 Å². The molecule has 4 nitrogen and oxygen atoms in total. The van der Waals surface area contributed by atoms with E-state index in [9.17, 15) is 9.59 Å². The van der Waals surface area contributed by atoms with Crippen LogP contribution in [0.3, 0.4) is 0 Å². The van der Waals surface area contributed by atoms with Crippen molar-refractivity contribution in [3.63, 3.8) is 0 Å². The van der Waals surface area contributed by atoms with E-state index in [1.807, 2.05) is 20.8 Å². The second-order valence-corrected chi connectivity index (χ2v) is 6.40. The van der Waals surface area contributed by atoms with Crippen molar-refractivity contribution in [3.8, 4) is 0 Å². The fourth-order valence-corrected chi connectivity index (χ4v) is 2.71. The zero-order valence-electron chi connectivity index (χ0n) is 11.5. The third-order valence-corrected chi connectivity index (χ3v) is 4.93. The van der Waals surface area contributed by atoms with Crippen LogP contribution in [-0.4, -0.2) is 23.3 Å². The molecule has 1 unspecified atom stereocenters. The predicted octanol–water partition coefficient (Wildman–Crippen LogP) is 3.65. The Hall–Kier alpha value is -0.880. The van der Waals surface area contributed by atoms with Crippen LogP contribution in [0.15, 0.2) is 0 Å². The third kappa shape index (κ3) is 3.79. The van der Waals surface area contributed by atoms with E-state index < -0.39 is 0 Å². The van der Waals surface area contributed by atoms with Crippen molar-refractivity contribution in [2.75, 3.05) is 11.9 Å². The van der Waals surface area contributed by atoms with Gasteiger partial charge in [-0.2, -0.15) is 0 Å². The number of esters is 1. The maximum Gasteiger partial charge on any atom is 0.341 e. The van der Waals surface area contributed by atoms with E-state index in [-0.39, 0.29) is 16.7 Å². The maximum atomic E-state index is 11.9. The summed E-state index contributed by atoms with van der Waals surface area (Å²) in [7, 11) is 0. The number of amides is 1. The molecule has 1 atom stereocenters. The van der Waals surface area contributed by atoms with E-state index in [1.54, 1.807) is 6.92 Å². The molecule has 106 valence electrons. The van der Waals surface area contributed by atoms with Crippen molar-refractivity contribution in [3.05, 3.63) is 16.0 Å². The van der Waals surface area contributed by atoms with Crippen molar-refractivity contribution in [1.82, 2.24) is 0 Å². The largest absolute Gasteiger partial charge is 0.462 e. The molecule has 1 aromatic heterocycles. The third-order valence-electron chi connectivity index (χ3n) is 2.74. The second kappa shape index (κ2) is 7.05. The number of aryl methyl sites for hydroxylation is 1. The minimum Gasteiger partial charge on any atom is -0.462 e. The Kier molecular flexibility index (Phi) is 6.00. The van der Waals surface area contributed by atoms with Crippen LogP contribution in [0.2, 0.25) is 0 Å². The minimum absolute atomic E-state index is 0.144. The van der Waals surface area contributed by atoms with Gasteiger partial charge in [0.2, 0.25) is 5.91 Å². The number of nitrogens with one attached hydrogen (secondary N) is 1. The SMILES string of the molecule is CCOC(=O)c1c(NC(=O)C(Br)CC)sc(C)c1C. The number of alkyl halides is 1.